The first-order valence-corrected chi connectivity index (χ1v) is 39.0. The molecule has 574 valence electrons. The Morgan fingerprint density at radius 1 is 0.796 bits per heavy atom. The molecule has 3 atom stereocenters. The van der Waals surface area contributed by atoms with Gasteiger partial charge in [0.15, 0.2) is 5.95 Å². The average Bonchev–Trinajstić information content (AvgIpc) is 1.28. The smallest absolute Gasteiger partial charge is 0.469 e. The Bertz CT molecular complexity index is 4030. The topological polar surface area (TPSA) is 370 Å². The number of esters is 1. The zero-order valence-corrected chi connectivity index (χ0v) is 70.9. The Labute approximate surface area is 592 Å². The molecule has 1 aliphatic heterocycles. The number of anilines is 2. The molecule has 10 N–H and O–H groups in total. The van der Waals surface area contributed by atoms with Crippen molar-refractivity contribution in [1.29, 1.82) is 0 Å². The molecule has 0 saturated carbocycles. The minimum atomic E-state index is -4.74. The number of H-pyrrole nitrogens is 1. The number of hydrogen-bond acceptors (Lipinski definition) is 21. The monoisotopic (exact) mass is 2520 g/mol. The van der Waals surface area contributed by atoms with Gasteiger partial charge in [-0.15, -0.1) is 23.1 Å². The van der Waals surface area contributed by atoms with Crippen molar-refractivity contribution in [1.82, 2.24) is 25.9 Å². The van der Waals surface area contributed by atoms with Crippen molar-refractivity contribution >= 4 is 136 Å². The number of carbonyl (C=O) groups excluding carboxylic acids is 5. The molecule has 9 rings (SSSR count). The van der Waals surface area contributed by atoms with E-state index in [1.807, 2.05) is 91.0 Å². The molecule has 5 aromatic carbocycles. The molecule has 0 fully saturated rings. The molecule has 0 radical (unpaired) electrons. The average molecular weight is 2520 g/mol. The second kappa shape index (κ2) is 38.5. The molecule has 0 bridgehead atoms. The number of hydrogen-bond donors (Lipinski definition) is 10. The number of thiophene rings is 1. The zero-order valence-electron chi connectivity index (χ0n) is 55.3. The van der Waals surface area contributed by atoms with Crippen LogP contribution >= 0.6 is 64.1 Å². The summed E-state index contributed by atoms with van der Waals surface area (Å²) in [5.74, 6) is -3.27. The Morgan fingerprint density at radius 3 is 2.02 bits per heavy atom. The molecule has 2 aliphatic rings. The predicted molar refractivity (Wildman–Crippen MR) is 383 cm³/mol. The summed E-state index contributed by atoms with van der Waals surface area (Å²) >= 11 is 8.07. The van der Waals surface area contributed by atoms with E-state index in [4.69, 9.17) is 45.7 Å². The molecule has 7 aromatic rings. The largest absolute Gasteiger partial charge is 0.481 e. The molecule has 3 heterocycles. The Hall–Kier alpha value is -12.0. The van der Waals surface area contributed by atoms with E-state index in [1.165, 1.54) is 62.2 Å². The van der Waals surface area contributed by atoms with Crippen molar-refractivity contribution in [2.24, 2.45) is 0 Å². The van der Waals surface area contributed by atoms with Gasteiger partial charge in [0.25, 0.3) is 11.5 Å². The summed E-state index contributed by atoms with van der Waals surface area (Å²) in [6, 6.07) is 42.9. The van der Waals surface area contributed by atoms with E-state index in [9.17, 15) is 48.0 Å². The van der Waals surface area contributed by atoms with Crippen molar-refractivity contribution in [3.8, 4) is 11.1 Å². The van der Waals surface area contributed by atoms with E-state index in [0.717, 1.165) is 44.0 Å². The van der Waals surface area contributed by atoms with Gasteiger partial charge in [0.1, 0.15) is 42.6 Å². The number of aromatic amines is 1. The van der Waals surface area contributed by atoms with Crippen LogP contribution in [-0.2, 0) is 66.7 Å². The second-order valence-electron chi connectivity index (χ2n) is 23.5. The Kier molecular flexibility index (Phi) is 31.2. The number of aliphatic carboxylic acids is 2. The van der Waals surface area contributed by atoms with Crippen LogP contribution < -0.4 is 42.2 Å². The number of fused-ring (bicyclic) bond motifs is 4. The van der Waals surface area contributed by atoms with Crippen LogP contribution in [0.3, 0.4) is 0 Å². The first kappa shape index (κ1) is 83.4. The van der Waals surface area contributed by atoms with Crippen LogP contribution in [0.5, 0.6) is 0 Å². The summed E-state index contributed by atoms with van der Waals surface area (Å²) in [6.07, 6.45) is 0.385. The first-order valence-electron chi connectivity index (χ1n) is 31.1. The second-order valence-corrected chi connectivity index (χ2v) is 34.3. The number of carboxylic acids is 2. The van der Waals surface area contributed by atoms with Gasteiger partial charge in [0.2, 0.25) is 14.1 Å². The molecular formula is C67H75ClFm4N7O18PS4Si. The summed E-state index contributed by atoms with van der Waals surface area (Å²) < 4.78 is 36.0. The standard InChI is InChI=1S/C34H39N5O6S2Si.C33H36ClN2O12PS2.4Fm/c1-34(2,3)48(23-10-6-4-7-11-23,24-12-8-5-9-13-24)39-33-37-29-28(31(43)38-33)47-22(20-35-29)15-14-21-16-18-26(46-21)30(42)36-25(32(44)45)17-19-27(40)41;1-44-30(37)19-45-14-12-22-16-21(17-46-32(34)39)10-11-29(22)51-50-20-28(31(38)35-13-15-48-49(41,42)43)36-33(40)47-18-27-25-8-4-2-6-23(25)24-7-3-5-9-26(24)27;;;;/h4-13,16,18,22,25H,14-15,17,19-20H2,1-3H3,(H,36,42)(H,40,41)(H,44,45)(H3,35,37,38,39,43);2-11,16,27-28H,12-15,17-20H2,1H3,(H,35,38)(H,36,40)(H2,41,42,43);;;;. The third-order valence-electron chi connectivity index (χ3n) is 15.8. The van der Waals surface area contributed by atoms with Crippen molar-refractivity contribution in [2.45, 2.75) is 97.6 Å². The molecule has 25 nitrogen and oxygen atoms in total. The fourth-order valence-corrected chi connectivity index (χ4v) is 20.5. The molecule has 0 saturated heterocycles. The Morgan fingerprint density at radius 2 is 1.43 bits per heavy atom. The number of phosphoric acid groups is 1. The summed E-state index contributed by atoms with van der Waals surface area (Å²) in [7, 11) is -3.67. The first-order chi connectivity index (χ1) is 47.3. The maximum absolute atomic E-state index is 13.5. The van der Waals surface area contributed by atoms with Gasteiger partial charge >= 0.3 is 37.3 Å². The summed E-state index contributed by atoms with van der Waals surface area (Å²) in [5.41, 5.74) is 4.46. The van der Waals surface area contributed by atoms with Gasteiger partial charge in [-0.1, -0.05) is 164 Å². The number of amides is 3. The molecule has 36 heteroatoms. The van der Waals surface area contributed by atoms with Gasteiger partial charge in [-0.2, -0.15) is 4.98 Å². The van der Waals surface area contributed by atoms with Gasteiger partial charge in [0, 0.05) is 57.8 Å². The van der Waals surface area contributed by atoms with Gasteiger partial charge in [-0.05, 0) is 92.7 Å². The van der Waals surface area contributed by atoms with Crippen LogP contribution in [0.2, 0.25) is 5.04 Å². The number of aromatic nitrogens is 2. The molecule has 0 spiro atoms. The fraction of sp³-hybridized carbons (Fsp3) is 0.328. The van der Waals surface area contributed by atoms with Crippen LogP contribution in [0, 0.1) is 0 Å². The van der Waals surface area contributed by atoms with E-state index in [2.05, 4.69) is 85.5 Å². The molecule has 1 aliphatic carbocycles. The normalized spacial score (nSPS) is 13.3. The van der Waals surface area contributed by atoms with Gasteiger partial charge < -0.3 is 65.2 Å². The van der Waals surface area contributed by atoms with Gasteiger partial charge in [0.05, 0.1) is 25.2 Å². The van der Waals surface area contributed by atoms with Crippen molar-refractivity contribution < 1.29 is 81.6 Å². The molecular weight excluding hydrogens is 2440 g/mol. The maximum atomic E-state index is 13.5. The number of thioether (sulfide) groups is 1. The maximum Gasteiger partial charge on any atom is 0.469 e. The van der Waals surface area contributed by atoms with Crippen LogP contribution in [-0.4, -0.2) is 149 Å². The van der Waals surface area contributed by atoms with Crippen molar-refractivity contribution in [3.63, 3.8) is 0 Å². The minimum absolute atomic E-state index is 0. The van der Waals surface area contributed by atoms with Crippen LogP contribution in [0.15, 0.2) is 154 Å². The number of nitrogens with one attached hydrogen (secondary N) is 6. The summed E-state index contributed by atoms with van der Waals surface area (Å²) in [4.78, 5) is 129. The van der Waals surface area contributed by atoms with E-state index in [1.54, 1.807) is 24.3 Å². The third kappa shape index (κ3) is 23.0. The number of halogens is 1. The zero-order chi connectivity index (χ0) is 71.3. The number of alkyl carbamates (subject to hydrolysis) is 1. The van der Waals surface area contributed by atoms with Crippen LogP contribution in [0.1, 0.15) is 82.8 Å². The van der Waals surface area contributed by atoms with E-state index < -0.39 is 76.0 Å². The fourth-order valence-electron chi connectivity index (χ4n) is 11.1. The number of aryl methyl sites for hydroxylation is 1. The van der Waals surface area contributed by atoms with E-state index in [0.29, 0.717) is 46.5 Å². The number of carboxylic acid groups (broad SMARTS) is 2. The number of benzene rings is 5. The predicted octanol–water partition coefficient (Wildman–Crippen LogP) is 9.54. The minimum Gasteiger partial charge on any atom is -0.481 e. The summed E-state index contributed by atoms with van der Waals surface area (Å²) in [5, 5.41) is 31.4. The summed E-state index contributed by atoms with van der Waals surface area (Å²) in [6.45, 7) is 6.50. The number of rotatable bonds is 32. The van der Waals surface area contributed by atoms with Crippen molar-refractivity contribution in [3.05, 3.63) is 182 Å². The molecule has 103 heavy (non-hydrogen) atoms. The van der Waals surface area contributed by atoms with Crippen molar-refractivity contribution in [2.75, 3.05) is 62.7 Å². The molecule has 3 unspecified atom stereocenters. The SMILES string of the molecule is CC(C)(C)[Si](Nc1nc2c(c(=O)[nH]1)SC(CCc1ccc(C(=O)NC(CCC(=O)O)C(=O)O)s1)CN2)(c1ccccc1)c1ccccc1.COC(=O)COCCc1cc(COC(=O)Cl)ccc1SSCC(NC(=O)OCC1c2ccccc2-c2ccccc21)C(=O)NCCOP(=O)(O)O.[Fm].[Fm].[Fm].[Fm]. The van der Waals surface area contributed by atoms with E-state index in [-0.39, 0.29) is 73.3 Å². The number of phosphoric ester groups is 1. The molecule has 3 amide bonds. The molecule has 2 aromatic heterocycles. The quantitative estimate of drug-likeness (QED) is 0.00357. The van der Waals surface area contributed by atoms with Gasteiger partial charge in [-0.3, -0.25) is 28.7 Å². The van der Waals surface area contributed by atoms with Gasteiger partial charge in [-0.25, -0.2) is 23.7 Å². The van der Waals surface area contributed by atoms with E-state index >= 15 is 0 Å². The number of carbonyl (C=O) groups is 7. The number of nitrogens with zero attached hydrogens (tertiary/aromatic N) is 1. The number of methoxy groups -OCH3 is 1. The van der Waals surface area contributed by atoms with Crippen LogP contribution in [0.4, 0.5) is 21.4 Å². The van der Waals surface area contributed by atoms with Crippen LogP contribution in [0.25, 0.3) is 11.1 Å². The third-order valence-corrected chi connectivity index (χ3v) is 26.6. The Balaban J connectivity index is 0.000000421. The number of ether oxygens (including phenoxy) is 4.